The van der Waals surface area contributed by atoms with Crippen LogP contribution in [0.1, 0.15) is 35.6 Å². The van der Waals surface area contributed by atoms with Crippen LogP contribution in [0.5, 0.6) is 0 Å². The minimum absolute atomic E-state index is 0.0111. The van der Waals surface area contributed by atoms with Gasteiger partial charge in [0.2, 0.25) is 0 Å². The van der Waals surface area contributed by atoms with E-state index in [0.717, 1.165) is 29.5 Å². The Labute approximate surface area is 177 Å². The Balaban J connectivity index is 1.79. The largest absolute Gasteiger partial charge is 0.385 e. The fourth-order valence-corrected chi connectivity index (χ4v) is 4.40. The molecule has 0 saturated carbocycles. The molecule has 1 fully saturated rings. The van der Waals surface area contributed by atoms with E-state index < -0.39 is 0 Å². The maximum Gasteiger partial charge on any atom is 0.170 e. The summed E-state index contributed by atoms with van der Waals surface area (Å²) < 4.78 is 7.60. The van der Waals surface area contributed by atoms with Crippen LogP contribution in [-0.4, -0.2) is 39.8 Å². The number of rotatable bonds is 7. The third-order valence-corrected chi connectivity index (χ3v) is 5.72. The van der Waals surface area contributed by atoms with E-state index in [4.69, 9.17) is 17.0 Å². The average Bonchev–Trinajstić information content (AvgIpc) is 3.29. The van der Waals surface area contributed by atoms with Crippen LogP contribution in [0.2, 0.25) is 0 Å². The number of benzene rings is 1. The summed E-state index contributed by atoms with van der Waals surface area (Å²) in [5.74, 6) is 0. The zero-order valence-electron chi connectivity index (χ0n) is 16.8. The molecule has 0 aliphatic carbocycles. The number of nitrogens with one attached hydrogen (secondary N) is 1. The number of aromatic nitrogens is 2. The summed E-state index contributed by atoms with van der Waals surface area (Å²) in [6.45, 7) is 3.67. The van der Waals surface area contributed by atoms with Crippen molar-refractivity contribution in [1.29, 1.82) is 0 Å². The molecule has 2 atom stereocenters. The molecule has 1 aliphatic heterocycles. The molecule has 0 unspecified atom stereocenters. The summed E-state index contributed by atoms with van der Waals surface area (Å²) in [4.78, 5) is 6.91. The van der Waals surface area contributed by atoms with Crippen LogP contribution < -0.4 is 5.32 Å². The van der Waals surface area contributed by atoms with Gasteiger partial charge in [-0.05, 0) is 62.0 Å². The summed E-state index contributed by atoms with van der Waals surface area (Å²) in [5.41, 5.74) is 4.54. The van der Waals surface area contributed by atoms with Gasteiger partial charge in [0.25, 0.3) is 0 Å². The standard InChI is InChI=1S/C23H26N4OS/c1-17-12-13-20(27(17)18-9-4-3-5-10-18)22-21(19-11-6-7-14-24-19)25-23(29)26(22)15-8-16-28-2/h3-7,9-14,21-22H,8,15-16H2,1-2H3,(H,25,29)/t21-,22+/m1/s1. The molecular formula is C23H26N4OS. The Hall–Kier alpha value is -2.70. The van der Waals surface area contributed by atoms with Crippen LogP contribution >= 0.6 is 12.2 Å². The van der Waals surface area contributed by atoms with Crippen molar-refractivity contribution in [3.8, 4) is 5.69 Å². The highest BCUT2D eigenvalue weighted by molar-refractivity contribution is 7.80. The van der Waals surface area contributed by atoms with Crippen LogP contribution in [0.3, 0.4) is 0 Å². The molecule has 1 saturated heterocycles. The maximum absolute atomic E-state index is 5.75. The number of methoxy groups -OCH3 is 1. The number of thiocarbonyl (C=S) groups is 1. The van der Waals surface area contributed by atoms with Crippen molar-refractivity contribution in [3.05, 3.63) is 83.9 Å². The SMILES string of the molecule is COCCCN1C(=S)N[C@H](c2ccccn2)[C@@H]1c1ccc(C)n1-c1ccccc1. The summed E-state index contributed by atoms with van der Waals surface area (Å²) in [5, 5.41) is 4.29. The quantitative estimate of drug-likeness (QED) is 0.471. The molecule has 0 bridgehead atoms. The molecule has 0 radical (unpaired) electrons. The van der Waals surface area contributed by atoms with E-state index in [-0.39, 0.29) is 12.1 Å². The van der Waals surface area contributed by atoms with Crippen LogP contribution in [0.4, 0.5) is 0 Å². The first-order valence-corrected chi connectivity index (χ1v) is 10.3. The monoisotopic (exact) mass is 406 g/mol. The Morgan fingerprint density at radius 2 is 1.86 bits per heavy atom. The number of pyridine rings is 1. The number of nitrogens with zero attached hydrogens (tertiary/aromatic N) is 3. The Kier molecular flexibility index (Phi) is 5.92. The molecule has 0 spiro atoms. The molecule has 1 aliphatic rings. The molecule has 3 heterocycles. The minimum atomic E-state index is -0.0111. The van der Waals surface area contributed by atoms with Crippen molar-refractivity contribution in [2.75, 3.05) is 20.3 Å². The summed E-state index contributed by atoms with van der Waals surface area (Å²) >= 11 is 5.75. The van der Waals surface area contributed by atoms with Gasteiger partial charge in [-0.15, -0.1) is 0 Å². The van der Waals surface area contributed by atoms with Crippen LogP contribution in [0.15, 0.2) is 66.9 Å². The summed E-state index contributed by atoms with van der Waals surface area (Å²) in [6.07, 6.45) is 2.75. The van der Waals surface area contributed by atoms with Gasteiger partial charge in [-0.25, -0.2) is 0 Å². The Morgan fingerprint density at radius 1 is 1.07 bits per heavy atom. The highest BCUT2D eigenvalue weighted by atomic mass is 32.1. The van der Waals surface area contributed by atoms with E-state index in [0.29, 0.717) is 6.61 Å². The molecule has 2 aromatic heterocycles. The van der Waals surface area contributed by atoms with E-state index in [2.05, 4.69) is 69.2 Å². The van der Waals surface area contributed by atoms with Gasteiger partial charge in [-0.3, -0.25) is 4.98 Å². The lowest BCUT2D eigenvalue weighted by Crippen LogP contribution is -2.32. The van der Waals surface area contributed by atoms with E-state index in [9.17, 15) is 0 Å². The van der Waals surface area contributed by atoms with Gasteiger partial charge < -0.3 is 19.5 Å². The molecule has 0 amide bonds. The molecule has 6 heteroatoms. The molecule has 4 rings (SSSR count). The Morgan fingerprint density at radius 3 is 2.59 bits per heavy atom. The highest BCUT2D eigenvalue weighted by Gasteiger charge is 2.41. The number of hydrogen-bond acceptors (Lipinski definition) is 3. The topological polar surface area (TPSA) is 42.3 Å². The van der Waals surface area contributed by atoms with Crippen molar-refractivity contribution < 1.29 is 4.74 Å². The minimum Gasteiger partial charge on any atom is -0.385 e. The smallest absolute Gasteiger partial charge is 0.170 e. The Bertz CT molecular complexity index is 958. The molecule has 29 heavy (non-hydrogen) atoms. The zero-order valence-corrected chi connectivity index (χ0v) is 17.6. The number of hydrogen-bond donors (Lipinski definition) is 1. The van der Waals surface area contributed by atoms with E-state index in [1.807, 2.05) is 24.4 Å². The fourth-order valence-electron chi connectivity index (χ4n) is 4.07. The van der Waals surface area contributed by atoms with E-state index >= 15 is 0 Å². The normalized spacial score (nSPS) is 18.8. The average molecular weight is 407 g/mol. The lowest BCUT2D eigenvalue weighted by Gasteiger charge is -2.29. The van der Waals surface area contributed by atoms with Crippen LogP contribution in [0, 0.1) is 6.92 Å². The summed E-state index contributed by atoms with van der Waals surface area (Å²) in [7, 11) is 1.73. The van der Waals surface area contributed by atoms with Crippen molar-refractivity contribution in [3.63, 3.8) is 0 Å². The second kappa shape index (κ2) is 8.76. The molecule has 150 valence electrons. The predicted octanol–water partition coefficient (Wildman–Crippen LogP) is 4.19. The third kappa shape index (κ3) is 3.91. The first-order valence-electron chi connectivity index (χ1n) is 9.91. The second-order valence-corrected chi connectivity index (χ2v) is 7.62. The second-order valence-electron chi connectivity index (χ2n) is 7.24. The van der Waals surface area contributed by atoms with Gasteiger partial charge in [0.15, 0.2) is 5.11 Å². The summed E-state index contributed by atoms with van der Waals surface area (Å²) in [6, 6.07) is 20.9. The lowest BCUT2D eigenvalue weighted by atomic mass is 10.0. The van der Waals surface area contributed by atoms with Gasteiger partial charge in [-0.1, -0.05) is 24.3 Å². The van der Waals surface area contributed by atoms with Crippen molar-refractivity contribution in [2.24, 2.45) is 0 Å². The van der Waals surface area contributed by atoms with Crippen LogP contribution in [-0.2, 0) is 4.74 Å². The van der Waals surface area contributed by atoms with Gasteiger partial charge in [0, 0.05) is 43.5 Å². The van der Waals surface area contributed by atoms with Crippen LogP contribution in [0.25, 0.3) is 5.69 Å². The zero-order chi connectivity index (χ0) is 20.2. The molecule has 1 aromatic carbocycles. The fraction of sp³-hybridized carbons (Fsp3) is 0.304. The van der Waals surface area contributed by atoms with E-state index in [1.54, 1.807) is 7.11 Å². The highest BCUT2D eigenvalue weighted by Crippen LogP contribution is 2.40. The first kappa shape index (κ1) is 19.6. The van der Waals surface area contributed by atoms with Gasteiger partial charge >= 0.3 is 0 Å². The van der Waals surface area contributed by atoms with Gasteiger partial charge in [0.05, 0.1) is 17.8 Å². The van der Waals surface area contributed by atoms with Gasteiger partial charge in [-0.2, -0.15) is 0 Å². The maximum atomic E-state index is 5.75. The molecular weight excluding hydrogens is 380 g/mol. The number of aryl methyl sites for hydroxylation is 1. The van der Waals surface area contributed by atoms with E-state index in [1.165, 1.54) is 11.4 Å². The first-order chi connectivity index (χ1) is 14.2. The third-order valence-electron chi connectivity index (χ3n) is 5.37. The van der Waals surface area contributed by atoms with Crippen molar-refractivity contribution >= 4 is 17.3 Å². The number of ether oxygens (including phenoxy) is 1. The molecule has 3 aromatic rings. The molecule has 5 nitrogen and oxygen atoms in total. The lowest BCUT2D eigenvalue weighted by molar-refractivity contribution is 0.180. The van der Waals surface area contributed by atoms with Crippen molar-refractivity contribution in [1.82, 2.24) is 19.8 Å². The molecule has 1 N–H and O–H groups in total. The van der Waals surface area contributed by atoms with Crippen molar-refractivity contribution in [2.45, 2.75) is 25.4 Å². The van der Waals surface area contributed by atoms with Gasteiger partial charge in [0.1, 0.15) is 0 Å². The number of para-hydroxylation sites is 1. The predicted molar refractivity (Wildman–Crippen MR) is 119 cm³/mol.